The first-order valence-corrected chi connectivity index (χ1v) is 7.49. The Labute approximate surface area is 120 Å². The second kappa shape index (κ2) is 7.25. The summed E-state index contributed by atoms with van der Waals surface area (Å²) >= 11 is 1.66. The minimum atomic E-state index is -0.673. The molecule has 0 saturated heterocycles. The van der Waals surface area contributed by atoms with Gasteiger partial charge in [0.1, 0.15) is 0 Å². The average molecular weight is 299 g/mol. The summed E-state index contributed by atoms with van der Waals surface area (Å²) in [5.41, 5.74) is 1.58. The number of aromatic nitrogens is 2. The zero-order valence-electron chi connectivity index (χ0n) is 10.9. The van der Waals surface area contributed by atoms with Gasteiger partial charge in [0, 0.05) is 35.9 Å². The second-order valence-electron chi connectivity index (χ2n) is 4.32. The summed E-state index contributed by atoms with van der Waals surface area (Å²) in [5, 5.41) is 22.9. The van der Waals surface area contributed by atoms with Gasteiger partial charge in [-0.1, -0.05) is 0 Å². The van der Waals surface area contributed by atoms with Crippen LogP contribution in [0.4, 0.5) is 0 Å². The Morgan fingerprint density at radius 1 is 1.65 bits per heavy atom. The summed E-state index contributed by atoms with van der Waals surface area (Å²) < 4.78 is 0. The van der Waals surface area contributed by atoms with Gasteiger partial charge in [-0.15, -0.1) is 0 Å². The molecule has 3 N–H and O–H groups in total. The molecule has 1 aromatic rings. The number of aromatic amines is 1. The lowest BCUT2D eigenvalue weighted by molar-refractivity contribution is -0.502. The van der Waals surface area contributed by atoms with Crippen molar-refractivity contribution in [3.63, 3.8) is 0 Å². The van der Waals surface area contributed by atoms with Crippen molar-refractivity contribution >= 4 is 17.6 Å². The Bertz CT molecular complexity index is 490. The van der Waals surface area contributed by atoms with Gasteiger partial charge in [0.2, 0.25) is 0 Å². The van der Waals surface area contributed by atoms with Gasteiger partial charge < -0.3 is 15.4 Å². The molecule has 0 saturated carbocycles. The van der Waals surface area contributed by atoms with Crippen LogP contribution < -0.4 is 5.32 Å². The number of hydrogen-bond acceptors (Lipinski definition) is 7. The number of thioether (sulfide) groups is 1. The van der Waals surface area contributed by atoms with Crippen LogP contribution in [0.15, 0.2) is 11.3 Å². The SMILES string of the molecule is O=[N+]([O-])C1CCN=C1NCCSCc1[nH]cnc1CO. The number of amidine groups is 1. The number of rotatable bonds is 7. The van der Waals surface area contributed by atoms with E-state index in [1.54, 1.807) is 18.1 Å². The quantitative estimate of drug-likeness (QED) is 0.375. The van der Waals surface area contributed by atoms with Crippen LogP contribution in [0.2, 0.25) is 0 Å². The van der Waals surface area contributed by atoms with E-state index in [4.69, 9.17) is 5.11 Å². The topological polar surface area (TPSA) is 116 Å². The molecule has 0 aromatic carbocycles. The predicted octanol–water partition coefficient (Wildman–Crippen LogP) is 0.172. The summed E-state index contributed by atoms with van der Waals surface area (Å²) in [6.07, 6.45) is 2.05. The summed E-state index contributed by atoms with van der Waals surface area (Å²) in [4.78, 5) is 21.6. The van der Waals surface area contributed by atoms with Crippen molar-refractivity contribution in [2.24, 2.45) is 4.99 Å². The highest BCUT2D eigenvalue weighted by atomic mass is 32.2. The number of aliphatic hydroxyl groups excluding tert-OH is 1. The van der Waals surface area contributed by atoms with E-state index in [0.29, 0.717) is 31.0 Å². The summed E-state index contributed by atoms with van der Waals surface area (Å²) in [6.45, 7) is 1.09. The molecule has 0 bridgehead atoms. The average Bonchev–Trinajstić information content (AvgIpc) is 3.06. The van der Waals surface area contributed by atoms with Crippen LogP contribution in [0, 0.1) is 10.1 Å². The van der Waals surface area contributed by atoms with E-state index in [9.17, 15) is 10.1 Å². The molecule has 20 heavy (non-hydrogen) atoms. The number of aliphatic imine (C=N–C) groups is 1. The third-order valence-corrected chi connectivity index (χ3v) is 4.00. The molecule has 1 aliphatic rings. The molecule has 0 amide bonds. The molecule has 8 nitrogen and oxygen atoms in total. The molecule has 1 atom stereocenters. The number of imidazole rings is 1. The Morgan fingerprint density at radius 2 is 2.50 bits per heavy atom. The third kappa shape index (κ3) is 3.70. The molecule has 0 radical (unpaired) electrons. The maximum atomic E-state index is 10.8. The largest absolute Gasteiger partial charge is 0.390 e. The molecule has 1 unspecified atom stereocenters. The Morgan fingerprint density at radius 3 is 3.25 bits per heavy atom. The third-order valence-electron chi connectivity index (χ3n) is 3.01. The van der Waals surface area contributed by atoms with Gasteiger partial charge >= 0.3 is 0 Å². The first kappa shape index (κ1) is 14.8. The van der Waals surface area contributed by atoms with Crippen LogP contribution in [0.25, 0.3) is 0 Å². The van der Waals surface area contributed by atoms with Gasteiger partial charge in [-0.3, -0.25) is 15.1 Å². The lowest BCUT2D eigenvalue weighted by Gasteiger charge is -2.08. The van der Waals surface area contributed by atoms with Gasteiger partial charge in [0.05, 0.1) is 24.3 Å². The summed E-state index contributed by atoms with van der Waals surface area (Å²) in [7, 11) is 0. The fourth-order valence-electron chi connectivity index (χ4n) is 1.96. The maximum absolute atomic E-state index is 10.8. The van der Waals surface area contributed by atoms with Crippen LogP contribution in [0.5, 0.6) is 0 Å². The highest BCUT2D eigenvalue weighted by Gasteiger charge is 2.30. The van der Waals surface area contributed by atoms with Crippen molar-refractivity contribution in [3.05, 3.63) is 27.8 Å². The normalized spacial score (nSPS) is 18.1. The maximum Gasteiger partial charge on any atom is 0.270 e. The van der Waals surface area contributed by atoms with E-state index in [-0.39, 0.29) is 11.5 Å². The number of nitro groups is 1. The van der Waals surface area contributed by atoms with Gasteiger partial charge in [-0.05, 0) is 0 Å². The Balaban J connectivity index is 1.66. The zero-order chi connectivity index (χ0) is 14.4. The summed E-state index contributed by atoms with van der Waals surface area (Å²) in [5.74, 6) is 2.02. The van der Waals surface area contributed by atoms with E-state index in [1.165, 1.54) is 0 Å². The van der Waals surface area contributed by atoms with E-state index in [1.807, 2.05) is 0 Å². The zero-order valence-corrected chi connectivity index (χ0v) is 11.7. The first-order chi connectivity index (χ1) is 9.72. The van der Waals surface area contributed by atoms with Crippen molar-refractivity contribution in [1.29, 1.82) is 0 Å². The fourth-order valence-corrected chi connectivity index (χ4v) is 2.81. The second-order valence-corrected chi connectivity index (χ2v) is 5.43. The minimum absolute atomic E-state index is 0.0705. The molecule has 0 spiro atoms. The smallest absolute Gasteiger partial charge is 0.270 e. The molecule has 0 aliphatic carbocycles. The number of aliphatic hydroxyl groups is 1. The Hall–Kier alpha value is -1.61. The minimum Gasteiger partial charge on any atom is -0.390 e. The molecule has 0 fully saturated rings. The van der Waals surface area contributed by atoms with Crippen molar-refractivity contribution in [2.45, 2.75) is 24.8 Å². The lowest BCUT2D eigenvalue weighted by Crippen LogP contribution is -2.37. The van der Waals surface area contributed by atoms with Gasteiger partial charge in [-0.25, -0.2) is 4.98 Å². The molecule has 2 rings (SSSR count). The molecular formula is C11H17N5O3S. The highest BCUT2D eigenvalue weighted by Crippen LogP contribution is 2.13. The van der Waals surface area contributed by atoms with Crippen LogP contribution in [0.3, 0.4) is 0 Å². The summed E-state index contributed by atoms with van der Waals surface area (Å²) in [6, 6.07) is -0.673. The molecule has 110 valence electrons. The molecular weight excluding hydrogens is 282 g/mol. The molecule has 1 aromatic heterocycles. The van der Waals surface area contributed by atoms with Crippen molar-refractivity contribution in [3.8, 4) is 0 Å². The van der Waals surface area contributed by atoms with E-state index in [2.05, 4.69) is 20.3 Å². The van der Waals surface area contributed by atoms with Gasteiger partial charge in [-0.2, -0.15) is 11.8 Å². The first-order valence-electron chi connectivity index (χ1n) is 6.33. The van der Waals surface area contributed by atoms with Crippen LogP contribution in [-0.4, -0.2) is 50.7 Å². The van der Waals surface area contributed by atoms with Crippen LogP contribution in [-0.2, 0) is 12.4 Å². The van der Waals surface area contributed by atoms with E-state index in [0.717, 1.165) is 17.2 Å². The van der Waals surface area contributed by atoms with Crippen molar-refractivity contribution in [2.75, 3.05) is 18.8 Å². The van der Waals surface area contributed by atoms with Crippen LogP contribution in [0.1, 0.15) is 17.8 Å². The van der Waals surface area contributed by atoms with Gasteiger partial charge in [0.25, 0.3) is 6.04 Å². The fraction of sp³-hybridized carbons (Fsp3) is 0.636. The number of H-pyrrole nitrogens is 1. The van der Waals surface area contributed by atoms with E-state index < -0.39 is 6.04 Å². The monoisotopic (exact) mass is 299 g/mol. The van der Waals surface area contributed by atoms with E-state index >= 15 is 0 Å². The van der Waals surface area contributed by atoms with Gasteiger partial charge in [0.15, 0.2) is 5.84 Å². The number of nitrogens with one attached hydrogen (secondary N) is 2. The number of nitrogens with zero attached hydrogens (tertiary/aromatic N) is 3. The molecule has 2 heterocycles. The van der Waals surface area contributed by atoms with Crippen LogP contribution >= 0.6 is 11.8 Å². The Kier molecular flexibility index (Phi) is 5.36. The standard InChI is InChI=1S/C11H17N5O3S/c17-5-8-9(15-7-14-8)6-20-4-3-13-11-10(16(18)19)1-2-12-11/h7,10,17H,1-6H2,(H,12,13)(H,14,15). The lowest BCUT2D eigenvalue weighted by atomic mass is 10.2. The van der Waals surface area contributed by atoms with Crippen molar-refractivity contribution in [1.82, 2.24) is 15.3 Å². The highest BCUT2D eigenvalue weighted by molar-refractivity contribution is 7.98. The predicted molar refractivity (Wildman–Crippen MR) is 76.4 cm³/mol. The van der Waals surface area contributed by atoms with Crippen molar-refractivity contribution < 1.29 is 10.0 Å². The molecule has 9 heteroatoms. The molecule has 1 aliphatic heterocycles. The number of hydrogen-bond donors (Lipinski definition) is 3.